The maximum Gasteiger partial charge on any atom is 0.257 e. The number of anilines is 1. The smallest absolute Gasteiger partial charge is 0.257 e. The minimum absolute atomic E-state index is 0.0883. The fraction of sp³-hybridized carbons (Fsp3) is 0.647. The second kappa shape index (κ2) is 7.96. The third-order valence-corrected chi connectivity index (χ3v) is 4.91. The van der Waals surface area contributed by atoms with Crippen molar-refractivity contribution in [2.24, 2.45) is 5.73 Å². The number of hydrogen-bond acceptors (Lipinski definition) is 7. The van der Waals surface area contributed by atoms with Crippen LogP contribution in [0.2, 0.25) is 0 Å². The fourth-order valence-corrected chi connectivity index (χ4v) is 3.30. The molecule has 3 rings (SSSR count). The van der Waals surface area contributed by atoms with Gasteiger partial charge in [0.2, 0.25) is 11.9 Å². The number of primary amides is 1. The van der Waals surface area contributed by atoms with Gasteiger partial charge in [-0.2, -0.15) is 0 Å². The van der Waals surface area contributed by atoms with Gasteiger partial charge in [-0.25, -0.2) is 9.97 Å². The molecule has 3 heterocycles. The average molecular weight is 362 g/mol. The number of rotatable bonds is 4. The summed E-state index contributed by atoms with van der Waals surface area (Å²) in [6.07, 6.45) is 1.68. The number of nitrogens with zero attached hydrogens (tertiary/aromatic N) is 5. The largest absolute Gasteiger partial charge is 0.377 e. The van der Waals surface area contributed by atoms with E-state index in [4.69, 9.17) is 10.5 Å². The molecule has 2 amide bonds. The van der Waals surface area contributed by atoms with Crippen molar-refractivity contribution in [3.05, 3.63) is 17.5 Å². The minimum Gasteiger partial charge on any atom is -0.377 e. The summed E-state index contributed by atoms with van der Waals surface area (Å²) in [4.78, 5) is 39.2. The van der Waals surface area contributed by atoms with E-state index >= 15 is 0 Å². The monoisotopic (exact) mass is 362 g/mol. The van der Waals surface area contributed by atoms with E-state index in [2.05, 4.69) is 26.8 Å². The third kappa shape index (κ3) is 4.10. The second-order valence-corrected chi connectivity index (χ2v) is 6.86. The lowest BCUT2D eigenvalue weighted by molar-refractivity contribution is -0.120. The van der Waals surface area contributed by atoms with Crippen LogP contribution in [0.3, 0.4) is 0 Å². The van der Waals surface area contributed by atoms with Gasteiger partial charge < -0.3 is 25.2 Å². The highest BCUT2D eigenvalue weighted by molar-refractivity contribution is 5.95. The van der Waals surface area contributed by atoms with Crippen LogP contribution in [0.5, 0.6) is 0 Å². The lowest BCUT2D eigenvalue weighted by Gasteiger charge is -2.35. The fourth-order valence-electron chi connectivity index (χ4n) is 3.30. The van der Waals surface area contributed by atoms with Gasteiger partial charge in [-0.15, -0.1) is 0 Å². The summed E-state index contributed by atoms with van der Waals surface area (Å²) in [6, 6.07) is -0.342. The highest BCUT2D eigenvalue weighted by Gasteiger charge is 2.30. The normalized spacial score (nSPS) is 21.7. The average Bonchev–Trinajstić information content (AvgIpc) is 2.62. The van der Waals surface area contributed by atoms with Gasteiger partial charge in [-0.3, -0.25) is 9.59 Å². The molecule has 9 nitrogen and oxygen atoms in total. The van der Waals surface area contributed by atoms with Gasteiger partial charge in [0.25, 0.3) is 5.91 Å². The van der Waals surface area contributed by atoms with E-state index in [1.165, 1.54) is 0 Å². The molecule has 1 aromatic rings. The van der Waals surface area contributed by atoms with E-state index in [9.17, 15) is 9.59 Å². The van der Waals surface area contributed by atoms with Crippen molar-refractivity contribution in [1.29, 1.82) is 0 Å². The molecule has 1 aromatic heterocycles. The van der Waals surface area contributed by atoms with E-state index in [0.29, 0.717) is 37.0 Å². The standard InChI is InChI=1S/C17H26N6O3/c1-12-14(10-19-17(20-12)22-5-3-21(2)4-6-22)16(25)23-7-8-26-11-13(23)9-15(18)24/h10,13H,3-9,11H2,1-2H3,(H2,18,24)/t13-/m1/s1. The minimum atomic E-state index is -0.448. The highest BCUT2D eigenvalue weighted by atomic mass is 16.5. The molecule has 142 valence electrons. The second-order valence-electron chi connectivity index (χ2n) is 6.86. The molecule has 2 aliphatic rings. The molecule has 1 atom stereocenters. The van der Waals surface area contributed by atoms with Crippen molar-refractivity contribution in [3.8, 4) is 0 Å². The molecule has 0 unspecified atom stereocenters. The van der Waals surface area contributed by atoms with Crippen molar-refractivity contribution in [3.63, 3.8) is 0 Å². The number of hydrogen-bond donors (Lipinski definition) is 1. The van der Waals surface area contributed by atoms with Crippen molar-refractivity contribution >= 4 is 17.8 Å². The zero-order valence-electron chi connectivity index (χ0n) is 15.3. The van der Waals surface area contributed by atoms with E-state index in [-0.39, 0.29) is 18.4 Å². The van der Waals surface area contributed by atoms with Gasteiger partial charge in [0.05, 0.1) is 30.5 Å². The Hall–Kier alpha value is -2.26. The van der Waals surface area contributed by atoms with Crippen LogP contribution in [0.1, 0.15) is 22.5 Å². The molecule has 2 fully saturated rings. The van der Waals surface area contributed by atoms with Crippen LogP contribution in [0.25, 0.3) is 0 Å². The van der Waals surface area contributed by atoms with E-state index < -0.39 is 5.91 Å². The summed E-state index contributed by atoms with van der Waals surface area (Å²) in [7, 11) is 2.09. The van der Waals surface area contributed by atoms with Crippen molar-refractivity contribution in [2.45, 2.75) is 19.4 Å². The first-order chi connectivity index (χ1) is 12.5. The molecule has 0 aromatic carbocycles. The van der Waals surface area contributed by atoms with Crippen LogP contribution < -0.4 is 10.6 Å². The molecule has 0 spiro atoms. The Kier molecular flexibility index (Phi) is 5.67. The number of ether oxygens (including phenoxy) is 1. The van der Waals surface area contributed by atoms with Crippen molar-refractivity contribution in [1.82, 2.24) is 19.8 Å². The zero-order valence-corrected chi connectivity index (χ0v) is 15.3. The van der Waals surface area contributed by atoms with Gasteiger partial charge in [0.1, 0.15) is 0 Å². The molecule has 0 bridgehead atoms. The Balaban J connectivity index is 1.75. The summed E-state index contributed by atoms with van der Waals surface area (Å²) >= 11 is 0. The molecular formula is C17H26N6O3. The van der Waals surface area contributed by atoms with Crippen LogP contribution in [0.4, 0.5) is 5.95 Å². The number of carbonyl (C=O) groups is 2. The SMILES string of the molecule is Cc1nc(N2CCN(C)CC2)ncc1C(=O)N1CCOC[C@H]1CC(N)=O. The molecule has 2 saturated heterocycles. The number of morpholine rings is 1. The Labute approximate surface area is 153 Å². The Bertz CT molecular complexity index is 674. The number of piperazine rings is 1. The first-order valence-corrected chi connectivity index (χ1v) is 8.90. The van der Waals surface area contributed by atoms with Crippen molar-refractivity contribution in [2.75, 3.05) is 57.9 Å². The van der Waals surface area contributed by atoms with E-state index in [0.717, 1.165) is 26.2 Å². The van der Waals surface area contributed by atoms with Gasteiger partial charge in [0.15, 0.2) is 0 Å². The number of aromatic nitrogens is 2. The number of carbonyl (C=O) groups excluding carboxylic acids is 2. The van der Waals surface area contributed by atoms with E-state index in [1.54, 1.807) is 11.1 Å². The summed E-state index contributed by atoms with van der Waals surface area (Å²) < 4.78 is 5.39. The van der Waals surface area contributed by atoms with Crippen LogP contribution >= 0.6 is 0 Å². The molecule has 0 saturated carbocycles. The lowest BCUT2D eigenvalue weighted by atomic mass is 10.1. The van der Waals surface area contributed by atoms with Gasteiger partial charge in [-0.05, 0) is 14.0 Å². The third-order valence-electron chi connectivity index (χ3n) is 4.91. The first kappa shape index (κ1) is 18.5. The molecule has 26 heavy (non-hydrogen) atoms. The molecule has 2 aliphatic heterocycles. The Morgan fingerprint density at radius 2 is 2.00 bits per heavy atom. The highest BCUT2D eigenvalue weighted by Crippen LogP contribution is 2.18. The van der Waals surface area contributed by atoms with E-state index in [1.807, 2.05) is 6.92 Å². The van der Waals surface area contributed by atoms with Gasteiger partial charge >= 0.3 is 0 Å². The Morgan fingerprint density at radius 1 is 1.27 bits per heavy atom. The Morgan fingerprint density at radius 3 is 2.65 bits per heavy atom. The topological polar surface area (TPSA) is 105 Å². The molecule has 0 radical (unpaired) electrons. The van der Waals surface area contributed by atoms with Crippen LogP contribution in [-0.4, -0.2) is 90.6 Å². The van der Waals surface area contributed by atoms with Crippen molar-refractivity contribution < 1.29 is 14.3 Å². The number of nitrogens with two attached hydrogens (primary N) is 1. The molecular weight excluding hydrogens is 336 g/mol. The van der Waals surface area contributed by atoms with Gasteiger partial charge in [0, 0.05) is 45.3 Å². The number of likely N-dealkylation sites (N-methyl/N-ethyl adjacent to an activating group) is 1. The summed E-state index contributed by atoms with van der Waals surface area (Å²) in [5.74, 6) is 0.0291. The maximum atomic E-state index is 13.0. The zero-order chi connectivity index (χ0) is 18.7. The lowest BCUT2D eigenvalue weighted by Crippen LogP contribution is -2.50. The van der Waals surface area contributed by atoms with Crippen LogP contribution in [-0.2, 0) is 9.53 Å². The molecule has 2 N–H and O–H groups in total. The summed E-state index contributed by atoms with van der Waals surface area (Å²) in [5, 5.41) is 0. The molecule has 9 heteroatoms. The predicted octanol–water partition coefficient (Wildman–Crippen LogP) is -0.747. The van der Waals surface area contributed by atoms with Crippen LogP contribution in [0, 0.1) is 6.92 Å². The van der Waals surface area contributed by atoms with Gasteiger partial charge in [-0.1, -0.05) is 0 Å². The van der Waals surface area contributed by atoms with Crippen LogP contribution in [0.15, 0.2) is 6.20 Å². The summed E-state index contributed by atoms with van der Waals surface area (Å²) in [5.41, 5.74) is 6.40. The first-order valence-electron chi connectivity index (χ1n) is 8.90. The summed E-state index contributed by atoms with van der Waals surface area (Å²) in [6.45, 7) is 6.67. The maximum absolute atomic E-state index is 13.0. The molecule has 0 aliphatic carbocycles. The predicted molar refractivity (Wildman–Crippen MR) is 95.9 cm³/mol. The number of amides is 2. The number of aryl methyl sites for hydroxylation is 1. The quantitative estimate of drug-likeness (QED) is 0.751.